The number of ether oxygens (including phenoxy) is 1. The summed E-state index contributed by atoms with van der Waals surface area (Å²) in [5.74, 6) is 0.0115. The van der Waals surface area contributed by atoms with Crippen molar-refractivity contribution in [1.82, 2.24) is 9.13 Å². The van der Waals surface area contributed by atoms with Crippen LogP contribution in [0.3, 0.4) is 0 Å². The second-order valence-corrected chi connectivity index (χ2v) is 7.59. The maximum Gasteiger partial charge on any atom is 0.317 e. The SMILES string of the molecule is COc1ccccc1NC(=O)Cn1c(=O)c(=O)n(Cc2ccccc2)c2ccc(Cl)cc21. The molecule has 1 amide bonds. The summed E-state index contributed by atoms with van der Waals surface area (Å²) in [7, 11) is 1.50. The second kappa shape index (κ2) is 9.11. The number of nitrogens with one attached hydrogen (secondary N) is 1. The Kier molecular flexibility index (Phi) is 6.09. The molecular formula is C24H20ClN3O4. The van der Waals surface area contributed by atoms with Gasteiger partial charge in [-0.05, 0) is 35.9 Å². The van der Waals surface area contributed by atoms with Crippen LogP contribution in [0.5, 0.6) is 5.75 Å². The third kappa shape index (κ3) is 4.29. The fraction of sp³-hybridized carbons (Fsp3) is 0.125. The van der Waals surface area contributed by atoms with Crippen molar-refractivity contribution in [3.63, 3.8) is 0 Å². The highest BCUT2D eigenvalue weighted by atomic mass is 35.5. The van der Waals surface area contributed by atoms with Crippen molar-refractivity contribution in [2.24, 2.45) is 0 Å². The molecule has 0 radical (unpaired) electrons. The lowest BCUT2D eigenvalue weighted by Crippen LogP contribution is -2.43. The molecule has 1 N–H and O–H groups in total. The maximum absolute atomic E-state index is 13.0. The first kappa shape index (κ1) is 21.4. The van der Waals surface area contributed by atoms with Gasteiger partial charge < -0.3 is 10.1 Å². The van der Waals surface area contributed by atoms with E-state index in [0.717, 1.165) is 10.1 Å². The highest BCUT2D eigenvalue weighted by molar-refractivity contribution is 6.31. The number of hydrogen-bond donors (Lipinski definition) is 1. The number of methoxy groups -OCH3 is 1. The molecule has 0 fully saturated rings. The van der Waals surface area contributed by atoms with Crippen molar-refractivity contribution in [1.29, 1.82) is 0 Å². The topological polar surface area (TPSA) is 82.3 Å². The molecule has 162 valence electrons. The van der Waals surface area contributed by atoms with Gasteiger partial charge in [0.1, 0.15) is 12.3 Å². The minimum absolute atomic E-state index is 0.224. The van der Waals surface area contributed by atoms with E-state index >= 15 is 0 Å². The number of para-hydroxylation sites is 2. The van der Waals surface area contributed by atoms with Crippen molar-refractivity contribution in [2.45, 2.75) is 13.1 Å². The first-order chi connectivity index (χ1) is 15.5. The van der Waals surface area contributed by atoms with Crippen molar-refractivity contribution in [3.8, 4) is 5.75 Å². The van der Waals surface area contributed by atoms with Crippen LogP contribution in [0, 0.1) is 0 Å². The van der Waals surface area contributed by atoms with Crippen molar-refractivity contribution in [2.75, 3.05) is 12.4 Å². The molecule has 32 heavy (non-hydrogen) atoms. The molecule has 3 aromatic carbocycles. The average molecular weight is 450 g/mol. The summed E-state index contributed by atoms with van der Waals surface area (Å²) in [5, 5.41) is 3.11. The molecule has 1 heterocycles. The zero-order valence-electron chi connectivity index (χ0n) is 17.2. The van der Waals surface area contributed by atoms with E-state index in [2.05, 4.69) is 5.32 Å². The van der Waals surface area contributed by atoms with E-state index in [1.165, 1.54) is 11.7 Å². The first-order valence-electron chi connectivity index (χ1n) is 9.87. The highest BCUT2D eigenvalue weighted by Gasteiger charge is 2.17. The quantitative estimate of drug-likeness (QED) is 0.457. The summed E-state index contributed by atoms with van der Waals surface area (Å²) in [6.45, 7) is -0.129. The van der Waals surface area contributed by atoms with Gasteiger partial charge in [-0.2, -0.15) is 0 Å². The van der Waals surface area contributed by atoms with Gasteiger partial charge >= 0.3 is 11.1 Å². The van der Waals surface area contributed by atoms with E-state index in [4.69, 9.17) is 16.3 Å². The van der Waals surface area contributed by atoms with E-state index < -0.39 is 17.0 Å². The van der Waals surface area contributed by atoms with Crippen LogP contribution in [0.1, 0.15) is 5.56 Å². The van der Waals surface area contributed by atoms with E-state index in [1.54, 1.807) is 42.5 Å². The van der Waals surface area contributed by atoms with Gasteiger partial charge in [-0.1, -0.05) is 54.1 Å². The fourth-order valence-electron chi connectivity index (χ4n) is 3.55. The van der Waals surface area contributed by atoms with Gasteiger partial charge in [0.15, 0.2) is 0 Å². The van der Waals surface area contributed by atoms with Gasteiger partial charge in [0.25, 0.3) is 0 Å². The minimum Gasteiger partial charge on any atom is -0.495 e. The molecule has 0 atom stereocenters. The summed E-state index contributed by atoms with van der Waals surface area (Å²) in [6, 6.07) is 21.2. The van der Waals surface area contributed by atoms with Crippen LogP contribution in [-0.4, -0.2) is 22.2 Å². The number of nitrogens with zero attached hydrogens (tertiary/aromatic N) is 2. The predicted molar refractivity (Wildman–Crippen MR) is 125 cm³/mol. The zero-order valence-corrected chi connectivity index (χ0v) is 18.0. The number of anilines is 1. The third-order valence-corrected chi connectivity index (χ3v) is 5.29. The Morgan fingerprint density at radius 2 is 1.59 bits per heavy atom. The van der Waals surface area contributed by atoms with Crippen LogP contribution >= 0.6 is 11.6 Å². The van der Waals surface area contributed by atoms with Crippen molar-refractivity contribution < 1.29 is 9.53 Å². The normalized spacial score (nSPS) is 10.8. The lowest BCUT2D eigenvalue weighted by Gasteiger charge is -2.16. The smallest absolute Gasteiger partial charge is 0.317 e. The Bertz CT molecular complexity index is 1410. The number of rotatable bonds is 6. The minimum atomic E-state index is -0.800. The molecule has 7 nitrogen and oxygen atoms in total. The molecule has 0 saturated heterocycles. The number of halogens is 1. The van der Waals surface area contributed by atoms with Crippen LogP contribution in [0.4, 0.5) is 5.69 Å². The Morgan fingerprint density at radius 3 is 2.34 bits per heavy atom. The summed E-state index contributed by atoms with van der Waals surface area (Å²) < 4.78 is 7.79. The number of fused-ring (bicyclic) bond motifs is 1. The number of carbonyl (C=O) groups excluding carboxylic acids is 1. The Labute approximate surface area is 188 Å². The number of amides is 1. The van der Waals surface area contributed by atoms with Crippen LogP contribution in [0.15, 0.2) is 82.4 Å². The van der Waals surface area contributed by atoms with Gasteiger partial charge in [0.05, 0.1) is 30.4 Å². The van der Waals surface area contributed by atoms with Crippen LogP contribution in [-0.2, 0) is 17.9 Å². The predicted octanol–water partition coefficient (Wildman–Crippen LogP) is 3.51. The number of hydrogen-bond acceptors (Lipinski definition) is 4. The largest absolute Gasteiger partial charge is 0.495 e. The molecule has 0 aliphatic rings. The highest BCUT2D eigenvalue weighted by Crippen LogP contribution is 2.23. The molecule has 8 heteroatoms. The van der Waals surface area contributed by atoms with E-state index in [1.807, 2.05) is 30.3 Å². The molecule has 0 aliphatic carbocycles. The lowest BCUT2D eigenvalue weighted by atomic mass is 10.2. The summed E-state index contributed by atoms with van der Waals surface area (Å²) >= 11 is 6.18. The van der Waals surface area contributed by atoms with Crippen molar-refractivity contribution >= 4 is 34.2 Å². The number of aromatic nitrogens is 2. The molecular weight excluding hydrogens is 430 g/mol. The summed E-state index contributed by atoms with van der Waals surface area (Å²) in [5.41, 5.74) is 0.727. The Balaban J connectivity index is 1.77. The maximum atomic E-state index is 13.0. The van der Waals surface area contributed by atoms with Gasteiger partial charge in [-0.25, -0.2) is 0 Å². The van der Waals surface area contributed by atoms with Gasteiger partial charge in [-0.15, -0.1) is 0 Å². The molecule has 1 aromatic heterocycles. The molecule has 0 saturated carbocycles. The van der Waals surface area contributed by atoms with E-state index in [-0.39, 0.29) is 13.1 Å². The number of carbonyl (C=O) groups is 1. The van der Waals surface area contributed by atoms with Gasteiger partial charge in [0.2, 0.25) is 5.91 Å². The molecule has 0 spiro atoms. The molecule has 4 rings (SSSR count). The second-order valence-electron chi connectivity index (χ2n) is 7.15. The molecule has 0 bridgehead atoms. The number of benzene rings is 3. The van der Waals surface area contributed by atoms with E-state index in [9.17, 15) is 14.4 Å². The fourth-order valence-corrected chi connectivity index (χ4v) is 3.72. The Morgan fingerprint density at radius 1 is 0.906 bits per heavy atom. The standard InChI is InChI=1S/C24H20ClN3O4/c1-32-21-10-6-5-9-18(21)26-22(29)15-28-20-13-17(25)11-12-19(20)27(23(30)24(28)31)14-16-7-3-2-4-8-16/h2-13H,14-15H2,1H3,(H,26,29). The average Bonchev–Trinajstić information content (AvgIpc) is 2.80. The molecule has 0 aliphatic heterocycles. The van der Waals surface area contributed by atoms with Gasteiger partial charge in [-0.3, -0.25) is 23.5 Å². The van der Waals surface area contributed by atoms with Crippen LogP contribution in [0.25, 0.3) is 11.0 Å². The zero-order chi connectivity index (χ0) is 22.7. The van der Waals surface area contributed by atoms with Crippen LogP contribution in [0.2, 0.25) is 5.02 Å². The van der Waals surface area contributed by atoms with E-state index in [0.29, 0.717) is 27.5 Å². The van der Waals surface area contributed by atoms with Crippen LogP contribution < -0.4 is 21.2 Å². The Hall–Kier alpha value is -3.84. The van der Waals surface area contributed by atoms with Crippen molar-refractivity contribution in [3.05, 3.63) is 104 Å². The monoisotopic (exact) mass is 449 g/mol. The van der Waals surface area contributed by atoms with Gasteiger partial charge in [0, 0.05) is 5.02 Å². The summed E-state index contributed by atoms with van der Waals surface area (Å²) in [6.07, 6.45) is 0. The third-order valence-electron chi connectivity index (χ3n) is 5.06. The summed E-state index contributed by atoms with van der Waals surface area (Å²) in [4.78, 5) is 38.7. The molecule has 0 unspecified atom stereocenters. The lowest BCUT2D eigenvalue weighted by molar-refractivity contribution is -0.116. The molecule has 4 aromatic rings. The first-order valence-corrected chi connectivity index (χ1v) is 10.3.